The van der Waals surface area contributed by atoms with Crippen LogP contribution in [0.4, 0.5) is 0 Å². The third-order valence-corrected chi connectivity index (χ3v) is 8.44. The van der Waals surface area contributed by atoms with Crippen molar-refractivity contribution < 1.29 is 31.4 Å². The number of carbonyl (C=O) groups excluding carboxylic acids is 2. The molecule has 2 aliphatic rings. The van der Waals surface area contributed by atoms with Crippen LogP contribution < -0.4 is 15.9 Å². The first-order chi connectivity index (χ1) is 18.7. The van der Waals surface area contributed by atoms with Crippen molar-refractivity contribution >= 4 is 30.4 Å². The van der Waals surface area contributed by atoms with Crippen molar-refractivity contribution in [3.63, 3.8) is 0 Å². The van der Waals surface area contributed by atoms with E-state index >= 15 is 0 Å². The molecule has 196 valence electrons. The van der Waals surface area contributed by atoms with Crippen molar-refractivity contribution in [3.8, 4) is 0 Å². The Hall–Kier alpha value is -2.45. The van der Waals surface area contributed by atoms with Gasteiger partial charge in [-0.1, -0.05) is 91.0 Å². The van der Waals surface area contributed by atoms with Crippen LogP contribution in [0.5, 0.6) is 0 Å². The number of amides is 1. The average Bonchev–Trinajstić information content (AvgIpc) is 3.70. The van der Waals surface area contributed by atoms with Crippen LogP contribution >= 0.6 is 7.92 Å². The first-order valence-electron chi connectivity index (χ1n) is 12.4. The van der Waals surface area contributed by atoms with Gasteiger partial charge < -0.3 is 10.1 Å². The number of hydrogen-bond acceptors (Lipinski definition) is 3. The molecule has 39 heavy (non-hydrogen) atoms. The Labute approximate surface area is 245 Å². The maximum Gasteiger partial charge on any atom is 2.00 e. The number of esters is 1. The molecule has 3 aromatic rings. The van der Waals surface area contributed by atoms with Gasteiger partial charge in [0.05, 0.1) is 13.0 Å². The summed E-state index contributed by atoms with van der Waals surface area (Å²) in [7, 11) is 0.407. The van der Waals surface area contributed by atoms with Crippen LogP contribution in [0.3, 0.4) is 0 Å². The van der Waals surface area contributed by atoms with Gasteiger partial charge in [-0.3, -0.25) is 4.79 Å². The first kappa shape index (κ1) is 31.1. The zero-order chi connectivity index (χ0) is 26.6. The number of carbonyl (C=O) groups is 2. The van der Waals surface area contributed by atoms with Crippen LogP contribution in [0.2, 0.25) is 0 Å². The van der Waals surface area contributed by atoms with E-state index in [2.05, 4.69) is 29.6 Å². The molecule has 0 saturated heterocycles. The van der Waals surface area contributed by atoms with E-state index in [4.69, 9.17) is 4.74 Å². The first-order valence-corrected chi connectivity index (χ1v) is 13.8. The molecular formula is C33H30FeNO3P+2. The van der Waals surface area contributed by atoms with Crippen LogP contribution in [-0.2, 0) is 37.8 Å². The minimum absolute atomic E-state index is 0. The van der Waals surface area contributed by atoms with Crippen molar-refractivity contribution in [2.75, 3.05) is 7.11 Å². The molecule has 5 rings (SSSR count). The van der Waals surface area contributed by atoms with Crippen molar-refractivity contribution in [2.24, 2.45) is 0 Å². The summed E-state index contributed by atoms with van der Waals surface area (Å²) in [6, 6.07) is 29.3. The third-order valence-electron chi connectivity index (χ3n) is 5.94. The molecule has 2 aliphatic carbocycles. The summed E-state index contributed by atoms with van der Waals surface area (Å²) in [5.74, 6) is -0.162. The van der Waals surface area contributed by atoms with Gasteiger partial charge in [-0.15, -0.1) is 0 Å². The molecule has 0 heterocycles. The Bertz CT molecular complexity index is 1080. The van der Waals surface area contributed by atoms with Gasteiger partial charge in [0.2, 0.25) is 5.91 Å². The van der Waals surface area contributed by atoms with Crippen LogP contribution in [0.15, 0.2) is 91.0 Å². The number of methoxy groups -OCH3 is 1. The van der Waals surface area contributed by atoms with Crippen molar-refractivity contribution in [1.82, 2.24) is 5.32 Å². The minimum atomic E-state index is -0.931. The number of hydrogen-bond donors (Lipinski definition) is 1. The Morgan fingerprint density at radius 2 is 1.21 bits per heavy atom. The van der Waals surface area contributed by atoms with E-state index in [1.807, 2.05) is 118 Å². The van der Waals surface area contributed by atoms with Gasteiger partial charge in [0, 0.05) is 12.1 Å². The Morgan fingerprint density at radius 3 is 1.69 bits per heavy atom. The van der Waals surface area contributed by atoms with Crippen LogP contribution in [0.1, 0.15) is 5.56 Å². The predicted molar refractivity (Wildman–Crippen MR) is 154 cm³/mol. The second-order valence-electron chi connectivity index (χ2n) is 8.53. The molecule has 1 N–H and O–H groups in total. The van der Waals surface area contributed by atoms with E-state index in [9.17, 15) is 9.59 Å². The standard InChI is InChI=1S/C28H25NO3P.C5H5.Fe/c1-32-28(31)25(20-21-12-5-2-6-13-21)29-27(30)24-18-11-19-26(24)33(22-14-7-3-8-15-22)23-16-9-4-10-17-23;1-2-4-5-3-1;/h2-19,25H,20H2,1H3,(H,29,30);1-5H;/q;;+2/t25-;;/m1../s1. The molecule has 1 atom stereocenters. The van der Waals surface area contributed by atoms with Crippen molar-refractivity contribution in [1.29, 1.82) is 0 Å². The van der Waals surface area contributed by atoms with E-state index < -0.39 is 19.9 Å². The molecule has 2 saturated carbocycles. The molecule has 0 aromatic heterocycles. The van der Waals surface area contributed by atoms with Crippen LogP contribution in [-0.4, -0.2) is 25.0 Å². The Kier molecular flexibility index (Phi) is 13.2. The summed E-state index contributed by atoms with van der Waals surface area (Å²) in [6.45, 7) is 0. The Balaban J connectivity index is 0.000000630. The number of ether oxygens (including phenoxy) is 1. The summed E-state index contributed by atoms with van der Waals surface area (Å²) in [4.78, 5) is 25.9. The zero-order valence-electron chi connectivity index (χ0n) is 21.6. The maximum atomic E-state index is 13.4. The molecular weight excluding hydrogens is 545 g/mol. The van der Waals surface area contributed by atoms with E-state index in [-0.39, 0.29) is 23.0 Å². The molecule has 2 fully saturated rings. The molecule has 0 spiro atoms. The van der Waals surface area contributed by atoms with Gasteiger partial charge in [-0.05, 0) is 75.5 Å². The monoisotopic (exact) mass is 575 g/mol. The van der Waals surface area contributed by atoms with Crippen molar-refractivity contribution in [2.45, 2.75) is 12.5 Å². The normalized spacial score (nSPS) is 16.1. The van der Waals surface area contributed by atoms with Gasteiger partial charge in [0.25, 0.3) is 0 Å². The molecule has 3 aromatic carbocycles. The second kappa shape index (κ2) is 16.6. The van der Waals surface area contributed by atoms with Crippen LogP contribution in [0, 0.1) is 62.9 Å². The topological polar surface area (TPSA) is 55.4 Å². The summed E-state index contributed by atoms with van der Waals surface area (Å²) in [6.07, 6.45) is 16.1. The molecule has 4 nitrogen and oxygen atoms in total. The van der Waals surface area contributed by atoms with Gasteiger partial charge >= 0.3 is 23.0 Å². The number of nitrogens with one attached hydrogen (secondary N) is 1. The molecule has 0 unspecified atom stereocenters. The third kappa shape index (κ3) is 9.03. The fraction of sp³-hybridized carbons (Fsp3) is 0.0909. The molecule has 1 amide bonds. The van der Waals surface area contributed by atoms with Gasteiger partial charge in [0.15, 0.2) is 0 Å². The molecule has 10 radical (unpaired) electrons. The van der Waals surface area contributed by atoms with Crippen LogP contribution in [0.25, 0.3) is 0 Å². The molecule has 6 heteroatoms. The summed E-state index contributed by atoms with van der Waals surface area (Å²) < 4.78 is 4.97. The fourth-order valence-corrected chi connectivity index (χ4v) is 6.57. The number of benzene rings is 3. The Morgan fingerprint density at radius 1 is 0.718 bits per heavy atom. The van der Waals surface area contributed by atoms with E-state index in [1.54, 1.807) is 0 Å². The van der Waals surface area contributed by atoms with Crippen molar-refractivity contribution in [3.05, 3.63) is 160 Å². The smallest absolute Gasteiger partial charge is 0.467 e. The van der Waals surface area contributed by atoms with E-state index in [1.165, 1.54) is 7.11 Å². The van der Waals surface area contributed by atoms with E-state index in [0.29, 0.717) is 12.3 Å². The maximum absolute atomic E-state index is 13.4. The fourth-order valence-electron chi connectivity index (χ4n) is 4.12. The minimum Gasteiger partial charge on any atom is -0.467 e. The second-order valence-corrected chi connectivity index (χ2v) is 10.7. The quantitative estimate of drug-likeness (QED) is 0.239. The van der Waals surface area contributed by atoms with Gasteiger partial charge in [0.1, 0.15) is 6.04 Å². The predicted octanol–water partition coefficient (Wildman–Crippen LogP) is 4.77. The van der Waals surface area contributed by atoms with Gasteiger partial charge in [-0.2, -0.15) is 0 Å². The van der Waals surface area contributed by atoms with Gasteiger partial charge in [-0.25, -0.2) is 4.79 Å². The van der Waals surface area contributed by atoms with E-state index in [0.717, 1.165) is 21.8 Å². The summed E-state index contributed by atoms with van der Waals surface area (Å²) >= 11 is 0. The number of rotatable bonds is 8. The SMILES string of the molecule is COC(=O)[C@@H](Cc1ccccc1)NC(=O)[C]1[CH][CH][CH][C]1P(c1ccccc1)c1ccccc1.[CH]1[CH][CH][CH][CH]1.[Fe+2]. The largest absolute Gasteiger partial charge is 2.00 e. The zero-order valence-corrected chi connectivity index (χ0v) is 23.6. The molecule has 0 bridgehead atoms. The summed E-state index contributed by atoms with van der Waals surface area (Å²) in [5.41, 5.74) is 1.91. The average molecular weight is 575 g/mol. The molecule has 0 aliphatic heterocycles. The summed E-state index contributed by atoms with van der Waals surface area (Å²) in [5, 5.41) is 5.23.